The summed E-state index contributed by atoms with van der Waals surface area (Å²) in [6.45, 7) is 15.7. The van der Waals surface area contributed by atoms with Crippen molar-refractivity contribution in [3.8, 4) is 0 Å². The fraction of sp³-hybridized carbons (Fsp3) is 0.353. The first-order valence-corrected chi connectivity index (χ1v) is 14.0. The molecule has 0 saturated heterocycles. The SMILES string of the molecule is C.COC(=O)c1ccc([C@H](C)Nc2nc(C)nc(C)c2C)cc1.Cc1nc(C)c(C)c(N[C@@H](C)c2ccc(C(=O)O)cc2)n1.O.[Li+].[OH-]. The number of nitrogens with one attached hydrogen (secondary N) is 2. The topological polar surface area (TPSA) is 201 Å². The normalized spacial score (nSPS) is 10.9. The third-order valence-electron chi connectivity index (χ3n) is 7.20. The summed E-state index contributed by atoms with van der Waals surface area (Å²) in [5.74, 6) is 1.89. The summed E-state index contributed by atoms with van der Waals surface area (Å²) in [6.07, 6.45) is 0. The smallest absolute Gasteiger partial charge is 0.870 e. The van der Waals surface area contributed by atoms with Gasteiger partial charge >= 0.3 is 30.8 Å². The Balaban J connectivity index is 0. The van der Waals surface area contributed by atoms with Crippen LogP contribution in [0.3, 0.4) is 0 Å². The molecule has 4 rings (SSSR count). The second kappa shape index (κ2) is 20.0. The van der Waals surface area contributed by atoms with Crippen LogP contribution in [0.4, 0.5) is 11.6 Å². The Bertz CT molecular complexity index is 1600. The second-order valence-electron chi connectivity index (χ2n) is 10.4. The summed E-state index contributed by atoms with van der Waals surface area (Å²) in [5.41, 5.74) is 6.91. The molecule has 6 N–H and O–H groups in total. The number of nitrogens with zero attached hydrogens (tertiary/aromatic N) is 4. The largest absolute Gasteiger partial charge is 1.00 e. The van der Waals surface area contributed by atoms with Crippen molar-refractivity contribution in [1.29, 1.82) is 0 Å². The van der Waals surface area contributed by atoms with Crippen molar-refractivity contribution in [2.75, 3.05) is 17.7 Å². The third-order valence-corrected chi connectivity index (χ3v) is 7.20. The van der Waals surface area contributed by atoms with Crippen LogP contribution in [0.5, 0.6) is 0 Å². The molecule has 4 aromatic rings. The van der Waals surface area contributed by atoms with Gasteiger partial charge in [0.2, 0.25) is 0 Å². The monoisotopic (exact) mass is 642 g/mol. The molecule has 2 heterocycles. The molecule has 0 aliphatic rings. The molecule has 12 nitrogen and oxygen atoms in total. The van der Waals surface area contributed by atoms with Gasteiger partial charge in [-0.05, 0) is 90.8 Å². The number of carbonyl (C=O) groups is 2. The van der Waals surface area contributed by atoms with E-state index in [1.807, 2.05) is 72.7 Å². The summed E-state index contributed by atoms with van der Waals surface area (Å²) in [5, 5.41) is 15.7. The zero-order chi connectivity index (χ0) is 31.8. The maximum atomic E-state index is 11.5. The van der Waals surface area contributed by atoms with E-state index >= 15 is 0 Å². The van der Waals surface area contributed by atoms with E-state index in [9.17, 15) is 9.59 Å². The van der Waals surface area contributed by atoms with E-state index in [-0.39, 0.29) is 60.9 Å². The van der Waals surface area contributed by atoms with Crippen molar-refractivity contribution in [3.63, 3.8) is 0 Å². The minimum atomic E-state index is -0.917. The van der Waals surface area contributed by atoms with Gasteiger partial charge in [0.05, 0.1) is 18.2 Å². The zero-order valence-corrected chi connectivity index (χ0v) is 28.2. The van der Waals surface area contributed by atoms with Gasteiger partial charge in [-0.15, -0.1) is 0 Å². The Morgan fingerprint density at radius 2 is 1.02 bits per heavy atom. The molecule has 0 aliphatic heterocycles. The molecule has 0 bridgehead atoms. The Kier molecular flexibility index (Phi) is 19.1. The molecule has 0 unspecified atom stereocenters. The van der Waals surface area contributed by atoms with Crippen LogP contribution >= 0.6 is 0 Å². The first-order valence-electron chi connectivity index (χ1n) is 14.0. The van der Waals surface area contributed by atoms with E-state index < -0.39 is 5.97 Å². The van der Waals surface area contributed by atoms with Gasteiger partial charge < -0.3 is 31.4 Å². The molecule has 2 atom stereocenters. The number of carboxylic acid groups (broad SMARTS) is 1. The molecule has 2 aromatic carbocycles. The molecule has 0 radical (unpaired) electrons. The number of carbonyl (C=O) groups excluding carboxylic acids is 1. The molecular weight excluding hydrogens is 595 g/mol. The van der Waals surface area contributed by atoms with Gasteiger partial charge in [-0.1, -0.05) is 31.7 Å². The number of ether oxygens (including phenoxy) is 1. The standard InChI is InChI=1S/C17H21N3O2.C16H19N3O2.CH4.Li.2H2O/c1-10-11(2)18-13(4)20-16(10)19-12(3)14-6-8-15(9-7-14)17(21)22-5;1-9-10(2)17-12(4)19-15(9)18-11(3)13-5-7-14(8-6-13)16(20)21;;;;/h6-9,12H,1-5H3,(H,18,19,20);5-8,11H,1-4H3,(H,20,21)(H,17,18,19);1H4;;2*1H2/q;;;+1;;/p-1/t12-;11-;;;;/m00..../s1. The van der Waals surface area contributed by atoms with Gasteiger partial charge in [0.1, 0.15) is 23.3 Å². The fourth-order valence-corrected chi connectivity index (χ4v) is 4.34. The second-order valence-corrected chi connectivity index (χ2v) is 10.4. The molecule has 0 saturated carbocycles. The summed E-state index contributed by atoms with van der Waals surface area (Å²) in [4.78, 5) is 39.9. The molecule has 0 aliphatic carbocycles. The average molecular weight is 643 g/mol. The summed E-state index contributed by atoms with van der Waals surface area (Å²) >= 11 is 0. The van der Waals surface area contributed by atoms with Gasteiger partial charge in [-0.2, -0.15) is 0 Å². The van der Waals surface area contributed by atoms with Crippen LogP contribution in [0, 0.1) is 41.5 Å². The van der Waals surface area contributed by atoms with E-state index in [2.05, 4.69) is 37.5 Å². The van der Waals surface area contributed by atoms with Gasteiger partial charge in [-0.25, -0.2) is 29.5 Å². The number of hydrogen-bond acceptors (Lipinski definition) is 10. The molecule has 250 valence electrons. The van der Waals surface area contributed by atoms with Crippen LogP contribution in [0.2, 0.25) is 0 Å². The maximum absolute atomic E-state index is 11.5. The molecule has 47 heavy (non-hydrogen) atoms. The van der Waals surface area contributed by atoms with Crippen molar-refractivity contribution in [3.05, 3.63) is 105 Å². The van der Waals surface area contributed by atoms with Crippen molar-refractivity contribution in [2.24, 2.45) is 0 Å². The zero-order valence-electron chi connectivity index (χ0n) is 28.2. The summed E-state index contributed by atoms with van der Waals surface area (Å²) in [7, 11) is 1.38. The van der Waals surface area contributed by atoms with Crippen molar-refractivity contribution in [2.45, 2.75) is 74.9 Å². The van der Waals surface area contributed by atoms with E-state index in [1.165, 1.54) is 7.11 Å². The number of carboxylic acids is 1. The average Bonchev–Trinajstić information content (AvgIpc) is 2.98. The Morgan fingerprint density at radius 1 is 0.681 bits per heavy atom. The molecule has 0 spiro atoms. The Morgan fingerprint density at radius 3 is 1.34 bits per heavy atom. The summed E-state index contributed by atoms with van der Waals surface area (Å²) < 4.78 is 4.70. The van der Waals surface area contributed by atoms with Crippen molar-refractivity contribution in [1.82, 2.24) is 19.9 Å². The predicted octanol–water partition coefficient (Wildman–Crippen LogP) is 3.27. The van der Waals surface area contributed by atoms with Gasteiger partial charge in [-0.3, -0.25) is 0 Å². The Labute approximate surface area is 289 Å². The van der Waals surface area contributed by atoms with E-state index in [0.29, 0.717) is 5.56 Å². The summed E-state index contributed by atoms with van der Waals surface area (Å²) in [6, 6.07) is 14.3. The van der Waals surface area contributed by atoms with Crippen LogP contribution < -0.4 is 29.5 Å². The van der Waals surface area contributed by atoms with Crippen LogP contribution in [-0.2, 0) is 4.74 Å². The number of methoxy groups -OCH3 is 1. The Hall–Kier alpha value is -4.34. The minimum Gasteiger partial charge on any atom is -0.870 e. The van der Waals surface area contributed by atoms with Crippen LogP contribution in [0.25, 0.3) is 0 Å². The van der Waals surface area contributed by atoms with E-state index in [1.54, 1.807) is 24.3 Å². The van der Waals surface area contributed by atoms with Crippen LogP contribution in [-0.4, -0.2) is 55.0 Å². The minimum absolute atomic E-state index is 0. The first-order chi connectivity index (χ1) is 20.3. The molecule has 0 fully saturated rings. The molecule has 13 heteroatoms. The number of aromatic nitrogens is 4. The molecule has 2 aromatic heterocycles. The van der Waals surface area contributed by atoms with Gasteiger partial charge in [0, 0.05) is 34.6 Å². The van der Waals surface area contributed by atoms with Crippen molar-refractivity contribution >= 4 is 23.6 Å². The number of rotatable bonds is 8. The quantitative estimate of drug-likeness (QED) is 0.188. The van der Waals surface area contributed by atoms with E-state index in [0.717, 1.165) is 56.9 Å². The predicted molar refractivity (Wildman–Crippen MR) is 180 cm³/mol. The first kappa shape index (κ1) is 44.8. The molecule has 0 amide bonds. The number of hydrogen-bond donors (Lipinski definition) is 3. The number of aryl methyl sites for hydroxylation is 4. The number of aromatic carboxylic acids is 1. The van der Waals surface area contributed by atoms with Gasteiger partial charge in [0.15, 0.2) is 0 Å². The van der Waals surface area contributed by atoms with E-state index in [4.69, 9.17) is 9.84 Å². The number of benzene rings is 2. The van der Waals surface area contributed by atoms with Crippen molar-refractivity contribution < 1.29 is 49.2 Å². The molecular formula is C34H47LiN6O6. The van der Waals surface area contributed by atoms with Gasteiger partial charge in [0.25, 0.3) is 0 Å². The van der Waals surface area contributed by atoms with Crippen LogP contribution in [0.15, 0.2) is 48.5 Å². The third kappa shape index (κ3) is 12.1. The maximum Gasteiger partial charge on any atom is 1.00 e. The fourth-order valence-electron chi connectivity index (χ4n) is 4.34. The number of anilines is 2. The van der Waals surface area contributed by atoms with Crippen LogP contribution in [0.1, 0.15) is 99.4 Å². The number of esters is 1.